The summed E-state index contributed by atoms with van der Waals surface area (Å²) in [5.74, 6) is -1.18. The summed E-state index contributed by atoms with van der Waals surface area (Å²) in [7, 11) is 0. The third-order valence-electron chi connectivity index (χ3n) is 3.40. The second-order valence-corrected chi connectivity index (χ2v) is 4.79. The Balaban J connectivity index is 1.98. The van der Waals surface area contributed by atoms with E-state index >= 15 is 0 Å². The predicted octanol–water partition coefficient (Wildman–Crippen LogP) is 2.03. The lowest BCUT2D eigenvalue weighted by Crippen LogP contribution is -2.53. The van der Waals surface area contributed by atoms with Gasteiger partial charge in [-0.25, -0.2) is 4.39 Å². The highest BCUT2D eigenvalue weighted by Crippen LogP contribution is 2.26. The first kappa shape index (κ1) is 13.3. The van der Waals surface area contributed by atoms with Crippen LogP contribution in [0.2, 0.25) is 0 Å². The van der Waals surface area contributed by atoms with Crippen molar-refractivity contribution in [1.82, 2.24) is 5.32 Å². The van der Waals surface area contributed by atoms with Crippen LogP contribution in [0, 0.1) is 5.82 Å². The van der Waals surface area contributed by atoms with E-state index in [0.717, 1.165) is 0 Å². The van der Waals surface area contributed by atoms with Gasteiger partial charge in [0.05, 0.1) is 5.69 Å². The Morgan fingerprint density at radius 2 is 1.67 bits per heavy atom. The number of halogens is 1. The monoisotopic (exact) mass is 284 g/mol. The number of amides is 2. The average Bonchev–Trinajstić information content (AvgIpc) is 2.51. The van der Waals surface area contributed by atoms with Crippen molar-refractivity contribution in [3.63, 3.8) is 0 Å². The fourth-order valence-corrected chi connectivity index (χ4v) is 2.39. The zero-order valence-electron chi connectivity index (χ0n) is 11.1. The van der Waals surface area contributed by atoms with Gasteiger partial charge in [0.1, 0.15) is 18.4 Å². The summed E-state index contributed by atoms with van der Waals surface area (Å²) >= 11 is 0. The Labute approximate surface area is 121 Å². The van der Waals surface area contributed by atoms with Gasteiger partial charge < -0.3 is 5.32 Å². The number of nitrogens with one attached hydrogen (secondary N) is 1. The molecule has 21 heavy (non-hydrogen) atoms. The van der Waals surface area contributed by atoms with Crippen LogP contribution in [0.25, 0.3) is 0 Å². The van der Waals surface area contributed by atoms with E-state index in [0.29, 0.717) is 5.56 Å². The van der Waals surface area contributed by atoms with Crippen LogP contribution >= 0.6 is 0 Å². The Hall–Kier alpha value is -2.69. The number of carbonyl (C=O) groups is 2. The van der Waals surface area contributed by atoms with Gasteiger partial charge >= 0.3 is 0 Å². The quantitative estimate of drug-likeness (QED) is 0.917. The van der Waals surface area contributed by atoms with Crippen LogP contribution in [-0.2, 0) is 9.59 Å². The van der Waals surface area contributed by atoms with Crippen LogP contribution < -0.4 is 10.2 Å². The fourth-order valence-electron chi connectivity index (χ4n) is 2.39. The molecule has 1 atom stereocenters. The first-order valence-electron chi connectivity index (χ1n) is 6.57. The molecule has 0 bridgehead atoms. The van der Waals surface area contributed by atoms with Crippen molar-refractivity contribution in [3.05, 3.63) is 66.0 Å². The minimum atomic E-state index is -0.785. The molecule has 0 spiro atoms. The van der Waals surface area contributed by atoms with Gasteiger partial charge in [0.25, 0.3) is 5.91 Å². The van der Waals surface area contributed by atoms with Crippen LogP contribution in [-0.4, -0.2) is 18.4 Å². The van der Waals surface area contributed by atoms with Gasteiger partial charge in [-0.1, -0.05) is 42.5 Å². The molecule has 0 radical (unpaired) electrons. The molecule has 0 aliphatic carbocycles. The molecule has 1 fully saturated rings. The molecule has 1 aliphatic rings. The predicted molar refractivity (Wildman–Crippen MR) is 76.1 cm³/mol. The molecule has 106 valence electrons. The molecular formula is C16H13FN2O2. The maximum Gasteiger partial charge on any atom is 0.254 e. The van der Waals surface area contributed by atoms with Crippen LogP contribution in [0.5, 0.6) is 0 Å². The lowest BCUT2D eigenvalue weighted by atomic mass is 10.0. The van der Waals surface area contributed by atoms with Crippen molar-refractivity contribution >= 4 is 17.5 Å². The summed E-state index contributed by atoms with van der Waals surface area (Å²) < 4.78 is 13.9. The normalized spacial score (nSPS) is 18.5. The van der Waals surface area contributed by atoms with Crippen molar-refractivity contribution in [1.29, 1.82) is 0 Å². The van der Waals surface area contributed by atoms with Crippen LogP contribution in [0.1, 0.15) is 11.6 Å². The van der Waals surface area contributed by atoms with Gasteiger partial charge in [-0.3, -0.25) is 14.5 Å². The van der Waals surface area contributed by atoms with Gasteiger partial charge in [-0.2, -0.15) is 0 Å². The molecule has 1 heterocycles. The lowest BCUT2D eigenvalue weighted by molar-refractivity contribution is -0.131. The summed E-state index contributed by atoms with van der Waals surface area (Å²) in [6, 6.07) is 14.1. The van der Waals surface area contributed by atoms with Gasteiger partial charge in [0, 0.05) is 0 Å². The molecule has 1 N–H and O–H groups in total. The molecule has 4 nitrogen and oxygen atoms in total. The molecule has 0 saturated carbocycles. The minimum Gasteiger partial charge on any atom is -0.339 e. The minimum absolute atomic E-state index is 0.123. The van der Waals surface area contributed by atoms with E-state index in [1.165, 1.54) is 17.0 Å². The smallest absolute Gasteiger partial charge is 0.254 e. The summed E-state index contributed by atoms with van der Waals surface area (Å²) in [4.78, 5) is 25.6. The molecule has 1 aliphatic heterocycles. The number of para-hydroxylation sites is 1. The van der Waals surface area contributed by atoms with Crippen molar-refractivity contribution in [2.45, 2.75) is 6.04 Å². The maximum absolute atomic E-state index is 13.9. The van der Waals surface area contributed by atoms with Crippen LogP contribution in [0.15, 0.2) is 54.6 Å². The van der Waals surface area contributed by atoms with Crippen molar-refractivity contribution < 1.29 is 14.0 Å². The zero-order chi connectivity index (χ0) is 14.8. The Kier molecular flexibility index (Phi) is 3.39. The SMILES string of the molecule is O=C1CN(c2ccccc2F)C(=O)C(c2ccccc2)N1. The van der Waals surface area contributed by atoms with Gasteiger partial charge in [0.15, 0.2) is 0 Å². The van der Waals surface area contributed by atoms with Crippen molar-refractivity contribution in [2.75, 3.05) is 11.4 Å². The highest BCUT2D eigenvalue weighted by Gasteiger charge is 2.35. The van der Waals surface area contributed by atoms with Gasteiger partial charge in [0.2, 0.25) is 5.91 Å². The highest BCUT2D eigenvalue weighted by molar-refractivity contribution is 6.06. The largest absolute Gasteiger partial charge is 0.339 e. The number of benzene rings is 2. The Morgan fingerprint density at radius 1 is 1.00 bits per heavy atom. The van der Waals surface area contributed by atoms with E-state index in [2.05, 4.69) is 5.32 Å². The van der Waals surface area contributed by atoms with E-state index in [4.69, 9.17) is 0 Å². The summed E-state index contributed by atoms with van der Waals surface area (Å²) in [6.07, 6.45) is 0. The van der Waals surface area contributed by atoms with E-state index < -0.39 is 11.9 Å². The number of anilines is 1. The number of hydrogen-bond acceptors (Lipinski definition) is 2. The number of hydrogen-bond donors (Lipinski definition) is 1. The molecule has 3 rings (SSSR count). The van der Waals surface area contributed by atoms with Crippen molar-refractivity contribution in [3.8, 4) is 0 Å². The van der Waals surface area contributed by atoms with E-state index in [-0.39, 0.29) is 24.0 Å². The third-order valence-corrected chi connectivity index (χ3v) is 3.40. The highest BCUT2D eigenvalue weighted by atomic mass is 19.1. The maximum atomic E-state index is 13.9. The van der Waals surface area contributed by atoms with Crippen LogP contribution in [0.3, 0.4) is 0 Å². The molecule has 2 amide bonds. The van der Waals surface area contributed by atoms with E-state index in [1.54, 1.807) is 36.4 Å². The standard InChI is InChI=1S/C16H13FN2O2/c17-12-8-4-5-9-13(12)19-10-14(20)18-15(16(19)21)11-6-2-1-3-7-11/h1-9,15H,10H2,(H,18,20). The molecule has 5 heteroatoms. The first-order valence-corrected chi connectivity index (χ1v) is 6.57. The number of rotatable bonds is 2. The second-order valence-electron chi connectivity index (χ2n) is 4.79. The van der Waals surface area contributed by atoms with Crippen molar-refractivity contribution in [2.24, 2.45) is 0 Å². The van der Waals surface area contributed by atoms with Crippen LogP contribution in [0.4, 0.5) is 10.1 Å². The van der Waals surface area contributed by atoms with Gasteiger partial charge in [-0.15, -0.1) is 0 Å². The molecule has 2 aromatic rings. The molecule has 1 saturated heterocycles. The molecule has 2 aromatic carbocycles. The second kappa shape index (κ2) is 5.36. The topological polar surface area (TPSA) is 49.4 Å². The zero-order valence-corrected chi connectivity index (χ0v) is 11.1. The summed E-state index contributed by atoms with van der Waals surface area (Å²) in [5, 5.41) is 2.65. The lowest BCUT2D eigenvalue weighted by Gasteiger charge is -2.32. The third kappa shape index (κ3) is 2.50. The molecular weight excluding hydrogens is 271 g/mol. The number of carbonyl (C=O) groups excluding carboxylic acids is 2. The molecule has 1 unspecified atom stereocenters. The summed E-state index contributed by atoms with van der Waals surface area (Å²) in [5.41, 5.74) is 0.801. The fraction of sp³-hybridized carbons (Fsp3) is 0.125. The number of nitrogens with zero attached hydrogens (tertiary/aromatic N) is 1. The first-order chi connectivity index (χ1) is 10.2. The summed E-state index contributed by atoms with van der Waals surface area (Å²) in [6.45, 7) is -0.177. The van der Waals surface area contributed by atoms with E-state index in [1.807, 2.05) is 6.07 Å². The van der Waals surface area contributed by atoms with E-state index in [9.17, 15) is 14.0 Å². The number of piperazine rings is 1. The Bertz CT molecular complexity index is 688. The molecule has 0 aromatic heterocycles. The van der Waals surface area contributed by atoms with Gasteiger partial charge in [-0.05, 0) is 17.7 Å². The average molecular weight is 284 g/mol. The Morgan fingerprint density at radius 3 is 2.38 bits per heavy atom.